The number of carbonyl (C=O) groups is 2. The number of amides is 1. The SMILES string of the molecule is C[C@@H](NC(=O)OCc1ccccc1)C(=O)[O-].[K+]. The Kier molecular flexibility index (Phi) is 8.45. The Labute approximate surface area is 142 Å². The number of nitrogens with one attached hydrogen (secondary N) is 1. The number of aliphatic carboxylic acids is 1. The van der Waals surface area contributed by atoms with Crippen molar-refractivity contribution in [2.45, 2.75) is 19.6 Å². The molecule has 0 heterocycles. The molecule has 5 nitrogen and oxygen atoms in total. The maximum absolute atomic E-state index is 11.1. The summed E-state index contributed by atoms with van der Waals surface area (Å²) in [6.45, 7) is 1.41. The van der Waals surface area contributed by atoms with Gasteiger partial charge in [-0.25, -0.2) is 4.79 Å². The smallest absolute Gasteiger partial charge is 0.548 e. The van der Waals surface area contributed by atoms with E-state index in [2.05, 4.69) is 5.32 Å². The Morgan fingerprint density at radius 2 is 1.94 bits per heavy atom. The Hall–Kier alpha value is -0.404. The van der Waals surface area contributed by atoms with Crippen LogP contribution in [0.3, 0.4) is 0 Å². The number of rotatable bonds is 4. The van der Waals surface area contributed by atoms with Gasteiger partial charge in [-0.3, -0.25) is 0 Å². The summed E-state index contributed by atoms with van der Waals surface area (Å²) in [5, 5.41) is 12.5. The van der Waals surface area contributed by atoms with E-state index in [0.717, 1.165) is 5.56 Å². The van der Waals surface area contributed by atoms with Crippen molar-refractivity contribution in [2.75, 3.05) is 0 Å². The van der Waals surface area contributed by atoms with Gasteiger partial charge in [0.25, 0.3) is 0 Å². The van der Waals surface area contributed by atoms with Gasteiger partial charge in [-0.1, -0.05) is 30.3 Å². The van der Waals surface area contributed by atoms with E-state index in [0.29, 0.717) is 0 Å². The Balaban J connectivity index is 0.00000256. The zero-order valence-electron chi connectivity index (χ0n) is 9.80. The first kappa shape index (κ1) is 16.6. The zero-order chi connectivity index (χ0) is 12.0. The molecule has 0 radical (unpaired) electrons. The average Bonchev–Trinajstić information content (AvgIpc) is 2.27. The van der Waals surface area contributed by atoms with Gasteiger partial charge in [0.2, 0.25) is 0 Å². The van der Waals surface area contributed by atoms with Crippen LogP contribution in [0.2, 0.25) is 0 Å². The monoisotopic (exact) mass is 261 g/mol. The molecule has 1 atom stereocenters. The van der Waals surface area contributed by atoms with E-state index in [1.807, 2.05) is 18.2 Å². The van der Waals surface area contributed by atoms with Crippen molar-refractivity contribution >= 4 is 12.1 Å². The number of carboxylic acids is 1. The number of hydrogen-bond donors (Lipinski definition) is 1. The van der Waals surface area contributed by atoms with Crippen molar-refractivity contribution in [2.24, 2.45) is 0 Å². The number of ether oxygens (including phenoxy) is 1. The Morgan fingerprint density at radius 3 is 2.47 bits per heavy atom. The van der Waals surface area contributed by atoms with E-state index in [1.54, 1.807) is 12.1 Å². The third kappa shape index (κ3) is 6.80. The minimum atomic E-state index is -1.35. The molecule has 1 amide bonds. The minimum absolute atomic E-state index is 0. The molecule has 86 valence electrons. The first-order valence-electron chi connectivity index (χ1n) is 4.77. The van der Waals surface area contributed by atoms with Crippen molar-refractivity contribution in [3.63, 3.8) is 0 Å². The van der Waals surface area contributed by atoms with Gasteiger partial charge in [0.05, 0.1) is 12.0 Å². The van der Waals surface area contributed by atoms with E-state index < -0.39 is 18.1 Å². The van der Waals surface area contributed by atoms with Crippen molar-refractivity contribution in [1.29, 1.82) is 0 Å². The predicted octanol–water partition coefficient (Wildman–Crippen LogP) is -2.94. The molecule has 0 aliphatic rings. The molecule has 0 fully saturated rings. The van der Waals surface area contributed by atoms with Crippen LogP contribution in [0.25, 0.3) is 0 Å². The molecule has 1 N–H and O–H groups in total. The van der Waals surface area contributed by atoms with Gasteiger partial charge >= 0.3 is 57.5 Å². The second-order valence-corrected chi connectivity index (χ2v) is 3.25. The number of benzene rings is 1. The summed E-state index contributed by atoms with van der Waals surface area (Å²) in [5.41, 5.74) is 0.832. The van der Waals surface area contributed by atoms with Crippen LogP contribution >= 0.6 is 0 Å². The molecule has 0 aliphatic heterocycles. The third-order valence-corrected chi connectivity index (χ3v) is 1.90. The van der Waals surface area contributed by atoms with Gasteiger partial charge in [-0.15, -0.1) is 0 Å². The first-order chi connectivity index (χ1) is 7.59. The van der Waals surface area contributed by atoms with Crippen LogP contribution in [0.4, 0.5) is 4.79 Å². The fourth-order valence-corrected chi connectivity index (χ4v) is 1.00. The van der Waals surface area contributed by atoms with E-state index in [9.17, 15) is 14.7 Å². The molecule has 0 unspecified atom stereocenters. The van der Waals surface area contributed by atoms with Crippen LogP contribution in [0.5, 0.6) is 0 Å². The summed E-state index contributed by atoms with van der Waals surface area (Å²) in [5.74, 6) is -1.35. The van der Waals surface area contributed by atoms with Gasteiger partial charge < -0.3 is 20.0 Å². The van der Waals surface area contributed by atoms with Crippen LogP contribution < -0.4 is 61.8 Å². The molecule has 1 aromatic carbocycles. The van der Waals surface area contributed by atoms with Gasteiger partial charge in [0.1, 0.15) is 6.61 Å². The molecule has 0 aromatic heterocycles. The van der Waals surface area contributed by atoms with E-state index in [-0.39, 0.29) is 58.0 Å². The van der Waals surface area contributed by atoms with E-state index in [1.165, 1.54) is 6.92 Å². The van der Waals surface area contributed by atoms with E-state index in [4.69, 9.17) is 4.74 Å². The fourth-order valence-electron chi connectivity index (χ4n) is 1.00. The van der Waals surface area contributed by atoms with Gasteiger partial charge in [-0.2, -0.15) is 0 Å². The summed E-state index contributed by atoms with van der Waals surface area (Å²) in [6, 6.07) is 8.02. The summed E-state index contributed by atoms with van der Waals surface area (Å²) in [7, 11) is 0. The van der Waals surface area contributed by atoms with Gasteiger partial charge in [0.15, 0.2) is 0 Å². The standard InChI is InChI=1S/C11H13NO4.K/c1-8(10(13)14)12-11(15)16-7-9-5-3-2-4-6-9;/h2-6,8H,7H2,1H3,(H,12,15)(H,13,14);/q;+1/p-1/t8-;/m1./s1. The van der Waals surface area contributed by atoms with Crippen LogP contribution in [0.15, 0.2) is 30.3 Å². The molecular formula is C11H12KNO4. The van der Waals surface area contributed by atoms with E-state index >= 15 is 0 Å². The number of alkyl carbamates (subject to hydrolysis) is 1. The zero-order valence-corrected chi connectivity index (χ0v) is 12.9. The number of hydrogen-bond acceptors (Lipinski definition) is 4. The molecule has 0 saturated carbocycles. The quantitative estimate of drug-likeness (QED) is 0.588. The fraction of sp³-hybridized carbons (Fsp3) is 0.273. The molecule has 1 aromatic rings. The maximum atomic E-state index is 11.1. The van der Waals surface area contributed by atoms with Crippen molar-refractivity contribution in [3.8, 4) is 0 Å². The molecule has 0 aliphatic carbocycles. The maximum Gasteiger partial charge on any atom is 1.00 e. The summed E-state index contributed by atoms with van der Waals surface area (Å²) < 4.78 is 4.81. The van der Waals surface area contributed by atoms with Gasteiger partial charge in [-0.05, 0) is 12.5 Å². The molecule has 6 heteroatoms. The van der Waals surface area contributed by atoms with Crippen molar-refractivity contribution in [1.82, 2.24) is 5.32 Å². The number of carbonyl (C=O) groups excluding carboxylic acids is 2. The molecule has 0 spiro atoms. The molecule has 1 rings (SSSR count). The van der Waals surface area contributed by atoms with Crippen LogP contribution in [-0.2, 0) is 16.1 Å². The average molecular weight is 261 g/mol. The topological polar surface area (TPSA) is 78.5 Å². The largest absolute Gasteiger partial charge is 1.00 e. The molecule has 0 bridgehead atoms. The summed E-state index contributed by atoms with van der Waals surface area (Å²) in [6.07, 6.45) is -0.777. The normalized spacial score (nSPS) is 10.9. The second kappa shape index (κ2) is 8.65. The minimum Gasteiger partial charge on any atom is -0.548 e. The molecule has 0 saturated heterocycles. The van der Waals surface area contributed by atoms with Gasteiger partial charge in [0, 0.05) is 0 Å². The molecule has 17 heavy (non-hydrogen) atoms. The van der Waals surface area contributed by atoms with Crippen LogP contribution in [-0.4, -0.2) is 18.1 Å². The third-order valence-electron chi connectivity index (χ3n) is 1.90. The number of carboxylic acid groups (broad SMARTS) is 1. The predicted molar refractivity (Wildman–Crippen MR) is 54.2 cm³/mol. The van der Waals surface area contributed by atoms with Crippen molar-refractivity contribution in [3.05, 3.63) is 35.9 Å². The second-order valence-electron chi connectivity index (χ2n) is 3.25. The first-order valence-corrected chi connectivity index (χ1v) is 4.77. The molecular weight excluding hydrogens is 249 g/mol. The Bertz CT molecular complexity index is 369. The van der Waals surface area contributed by atoms with Crippen LogP contribution in [0.1, 0.15) is 12.5 Å². The Morgan fingerprint density at radius 1 is 1.35 bits per heavy atom. The van der Waals surface area contributed by atoms with Crippen LogP contribution in [0, 0.1) is 0 Å². The van der Waals surface area contributed by atoms with Crippen molar-refractivity contribution < 1.29 is 70.8 Å². The summed E-state index contributed by atoms with van der Waals surface area (Å²) in [4.78, 5) is 21.4. The summed E-state index contributed by atoms with van der Waals surface area (Å²) >= 11 is 0.